The number of rotatable bonds is 8. The van der Waals surface area contributed by atoms with Crippen molar-refractivity contribution in [1.29, 1.82) is 0 Å². The molecule has 120 valence electrons. The summed E-state index contributed by atoms with van der Waals surface area (Å²) < 4.78 is 10.7. The first-order valence-corrected chi connectivity index (χ1v) is 7.60. The minimum absolute atomic E-state index is 0.0577. The Bertz CT molecular complexity index is 451. The largest absolute Gasteiger partial charge is 0.496 e. The van der Waals surface area contributed by atoms with E-state index in [4.69, 9.17) is 21.1 Å². The van der Waals surface area contributed by atoms with Gasteiger partial charge in [-0.1, -0.05) is 25.4 Å². The van der Waals surface area contributed by atoms with Crippen molar-refractivity contribution in [3.63, 3.8) is 0 Å². The van der Waals surface area contributed by atoms with Crippen molar-refractivity contribution >= 4 is 11.6 Å². The molecule has 0 heterocycles. The second-order valence-corrected chi connectivity index (χ2v) is 5.89. The van der Waals surface area contributed by atoms with Gasteiger partial charge in [0.2, 0.25) is 0 Å². The van der Waals surface area contributed by atoms with Gasteiger partial charge in [-0.2, -0.15) is 0 Å². The molecular formula is C16H26ClNO3. The van der Waals surface area contributed by atoms with Crippen molar-refractivity contribution in [2.45, 2.75) is 39.3 Å². The van der Waals surface area contributed by atoms with Crippen LogP contribution in [0.4, 0.5) is 0 Å². The van der Waals surface area contributed by atoms with E-state index >= 15 is 0 Å². The molecule has 0 saturated carbocycles. The first kappa shape index (κ1) is 18.1. The van der Waals surface area contributed by atoms with Crippen LogP contribution in [0.2, 0.25) is 5.02 Å². The third-order valence-electron chi connectivity index (χ3n) is 3.68. The first-order chi connectivity index (χ1) is 9.94. The van der Waals surface area contributed by atoms with Crippen LogP contribution in [-0.4, -0.2) is 32.0 Å². The molecule has 4 nitrogen and oxygen atoms in total. The smallest absolute Gasteiger partial charge is 0.141 e. The summed E-state index contributed by atoms with van der Waals surface area (Å²) in [7, 11) is 3.21. The zero-order valence-corrected chi connectivity index (χ0v) is 14.2. The van der Waals surface area contributed by atoms with E-state index in [0.29, 0.717) is 23.1 Å². The van der Waals surface area contributed by atoms with Crippen LogP contribution in [-0.2, 0) is 0 Å². The van der Waals surface area contributed by atoms with E-state index in [-0.39, 0.29) is 18.7 Å². The van der Waals surface area contributed by atoms with Crippen LogP contribution in [0.1, 0.15) is 38.8 Å². The summed E-state index contributed by atoms with van der Waals surface area (Å²) >= 11 is 6.21. The standard InChI is InChI=1S/C16H26ClNO3/c1-10(2)14(6-7-19)18-11(3)12-8-13(17)16(21-5)9-15(12)20-4/h8-11,14,18-19H,6-7H2,1-5H3. The molecule has 0 aliphatic carbocycles. The highest BCUT2D eigenvalue weighted by Crippen LogP contribution is 2.35. The Morgan fingerprint density at radius 2 is 1.76 bits per heavy atom. The quantitative estimate of drug-likeness (QED) is 0.772. The molecule has 0 aliphatic heterocycles. The molecule has 1 aromatic carbocycles. The number of halogens is 1. The molecule has 0 aliphatic rings. The van der Waals surface area contributed by atoms with E-state index in [2.05, 4.69) is 26.1 Å². The molecule has 0 spiro atoms. The van der Waals surface area contributed by atoms with Crippen LogP contribution in [0.3, 0.4) is 0 Å². The second-order valence-electron chi connectivity index (χ2n) is 5.48. The van der Waals surface area contributed by atoms with Crippen molar-refractivity contribution in [2.24, 2.45) is 5.92 Å². The lowest BCUT2D eigenvalue weighted by Crippen LogP contribution is -2.36. The summed E-state index contributed by atoms with van der Waals surface area (Å²) in [5.41, 5.74) is 0.979. The molecule has 0 radical (unpaired) electrons. The monoisotopic (exact) mass is 315 g/mol. The minimum atomic E-state index is 0.0577. The molecule has 2 N–H and O–H groups in total. The lowest BCUT2D eigenvalue weighted by atomic mass is 9.98. The fraction of sp³-hybridized carbons (Fsp3) is 0.625. The average Bonchev–Trinajstić information content (AvgIpc) is 2.46. The van der Waals surface area contributed by atoms with Gasteiger partial charge in [0.1, 0.15) is 11.5 Å². The maximum atomic E-state index is 9.18. The summed E-state index contributed by atoms with van der Waals surface area (Å²) in [5, 5.41) is 13.3. The number of benzene rings is 1. The third-order valence-corrected chi connectivity index (χ3v) is 3.97. The van der Waals surface area contributed by atoms with E-state index in [1.54, 1.807) is 20.3 Å². The van der Waals surface area contributed by atoms with Gasteiger partial charge in [0, 0.05) is 30.3 Å². The lowest BCUT2D eigenvalue weighted by Gasteiger charge is -2.27. The van der Waals surface area contributed by atoms with Gasteiger partial charge < -0.3 is 19.9 Å². The maximum Gasteiger partial charge on any atom is 0.141 e. The number of aliphatic hydroxyl groups is 1. The average molecular weight is 316 g/mol. The number of ether oxygens (including phenoxy) is 2. The summed E-state index contributed by atoms with van der Waals surface area (Å²) in [6.07, 6.45) is 0.716. The summed E-state index contributed by atoms with van der Waals surface area (Å²) in [4.78, 5) is 0. The Morgan fingerprint density at radius 3 is 2.24 bits per heavy atom. The van der Waals surface area contributed by atoms with Gasteiger partial charge >= 0.3 is 0 Å². The molecule has 1 rings (SSSR count). The third kappa shape index (κ3) is 4.77. The number of methoxy groups -OCH3 is 2. The van der Waals surface area contributed by atoms with Gasteiger partial charge in [0.15, 0.2) is 0 Å². The molecule has 2 atom stereocenters. The SMILES string of the molecule is COc1cc(OC)c(C(C)NC(CCO)C(C)C)cc1Cl. The van der Waals surface area contributed by atoms with E-state index in [1.165, 1.54) is 0 Å². The highest BCUT2D eigenvalue weighted by atomic mass is 35.5. The van der Waals surface area contributed by atoms with Crippen molar-refractivity contribution in [3.05, 3.63) is 22.7 Å². The van der Waals surface area contributed by atoms with Crippen molar-refractivity contribution < 1.29 is 14.6 Å². The Balaban J connectivity index is 3.00. The Labute approximate surface area is 132 Å². The Morgan fingerprint density at radius 1 is 1.14 bits per heavy atom. The maximum absolute atomic E-state index is 9.18. The molecule has 0 bridgehead atoms. The van der Waals surface area contributed by atoms with Crippen molar-refractivity contribution in [1.82, 2.24) is 5.32 Å². The van der Waals surface area contributed by atoms with Crippen LogP contribution < -0.4 is 14.8 Å². The molecule has 0 amide bonds. The summed E-state index contributed by atoms with van der Waals surface area (Å²) in [5.74, 6) is 1.77. The first-order valence-electron chi connectivity index (χ1n) is 7.22. The normalized spacial score (nSPS) is 14.1. The van der Waals surface area contributed by atoms with E-state index in [0.717, 1.165) is 11.3 Å². The van der Waals surface area contributed by atoms with Crippen LogP contribution in [0.25, 0.3) is 0 Å². The van der Waals surface area contributed by atoms with E-state index in [1.807, 2.05) is 6.07 Å². The van der Waals surface area contributed by atoms with E-state index < -0.39 is 0 Å². The van der Waals surface area contributed by atoms with Gasteiger partial charge in [0.25, 0.3) is 0 Å². The minimum Gasteiger partial charge on any atom is -0.496 e. The van der Waals surface area contributed by atoms with E-state index in [9.17, 15) is 5.11 Å². The Kier molecular flexibility index (Phi) is 7.29. The molecule has 2 unspecified atom stereocenters. The molecule has 1 aromatic rings. The lowest BCUT2D eigenvalue weighted by molar-refractivity contribution is 0.236. The molecule has 0 fully saturated rings. The van der Waals surface area contributed by atoms with Crippen LogP contribution in [0.15, 0.2) is 12.1 Å². The van der Waals surface area contributed by atoms with Gasteiger partial charge in [-0.15, -0.1) is 0 Å². The van der Waals surface area contributed by atoms with Crippen molar-refractivity contribution in [3.8, 4) is 11.5 Å². The van der Waals surface area contributed by atoms with Crippen LogP contribution in [0, 0.1) is 5.92 Å². The van der Waals surface area contributed by atoms with Crippen LogP contribution in [0.5, 0.6) is 11.5 Å². The predicted molar refractivity (Wildman–Crippen MR) is 86.4 cm³/mol. The molecule has 5 heteroatoms. The highest BCUT2D eigenvalue weighted by molar-refractivity contribution is 6.32. The van der Waals surface area contributed by atoms with Gasteiger partial charge in [-0.05, 0) is 25.3 Å². The fourth-order valence-electron chi connectivity index (χ4n) is 2.38. The second kappa shape index (κ2) is 8.47. The molecule has 21 heavy (non-hydrogen) atoms. The number of hydrogen-bond acceptors (Lipinski definition) is 4. The highest BCUT2D eigenvalue weighted by Gasteiger charge is 2.20. The number of hydrogen-bond donors (Lipinski definition) is 2. The predicted octanol–water partition coefficient (Wildman–Crippen LogP) is 3.41. The fourth-order valence-corrected chi connectivity index (χ4v) is 2.63. The number of aliphatic hydroxyl groups excluding tert-OH is 1. The molecule has 0 saturated heterocycles. The van der Waals surface area contributed by atoms with Crippen LogP contribution >= 0.6 is 11.6 Å². The zero-order chi connectivity index (χ0) is 16.0. The topological polar surface area (TPSA) is 50.7 Å². The van der Waals surface area contributed by atoms with Gasteiger partial charge in [-0.3, -0.25) is 0 Å². The zero-order valence-electron chi connectivity index (χ0n) is 13.4. The van der Waals surface area contributed by atoms with Gasteiger partial charge in [-0.25, -0.2) is 0 Å². The molecular weight excluding hydrogens is 290 g/mol. The number of nitrogens with one attached hydrogen (secondary N) is 1. The van der Waals surface area contributed by atoms with Gasteiger partial charge in [0.05, 0.1) is 19.2 Å². The summed E-state index contributed by atoms with van der Waals surface area (Å²) in [6, 6.07) is 3.96. The van der Waals surface area contributed by atoms with Crippen molar-refractivity contribution in [2.75, 3.05) is 20.8 Å². The molecule has 0 aromatic heterocycles. The summed E-state index contributed by atoms with van der Waals surface area (Å²) in [6.45, 7) is 6.51. The Hall–Kier alpha value is -0.970.